The minimum Gasteiger partial charge on any atom is -0.481 e. The Hall–Kier alpha value is -2.18. The van der Waals surface area contributed by atoms with Crippen LogP contribution in [-0.2, 0) is 16.0 Å². The van der Waals surface area contributed by atoms with E-state index in [1.165, 1.54) is 0 Å². The van der Waals surface area contributed by atoms with E-state index in [4.69, 9.17) is 5.73 Å². The molecule has 6 nitrogen and oxygen atoms in total. The molecule has 1 aromatic carbocycles. The number of aromatic amines is 1. The Morgan fingerprint density at radius 2 is 2.09 bits per heavy atom. The maximum absolute atomic E-state index is 12.5. The number of carboxylic acid groups (broad SMARTS) is 1. The summed E-state index contributed by atoms with van der Waals surface area (Å²) < 4.78 is 0. The van der Waals surface area contributed by atoms with Gasteiger partial charge < -0.3 is 21.1 Å². The summed E-state index contributed by atoms with van der Waals surface area (Å²) in [6.45, 7) is 0.173. The zero-order chi connectivity index (χ0) is 16.1. The lowest BCUT2D eigenvalue weighted by Gasteiger charge is -2.19. The van der Waals surface area contributed by atoms with E-state index in [2.05, 4.69) is 10.3 Å². The lowest BCUT2D eigenvalue weighted by molar-refractivity contribution is -0.147. The van der Waals surface area contributed by atoms with Crippen molar-refractivity contribution >= 4 is 22.7 Å². The average Bonchev–Trinajstić information content (AvgIpc) is 2.92. The molecular formula is C16H21N3O3. The summed E-state index contributed by atoms with van der Waals surface area (Å²) in [6, 6.07) is 7.26. The number of benzene rings is 1. The molecule has 0 saturated heterocycles. The number of carbonyl (C=O) groups excluding carboxylic acids is 1. The maximum atomic E-state index is 12.5. The van der Waals surface area contributed by atoms with Crippen LogP contribution in [0.15, 0.2) is 30.5 Å². The van der Waals surface area contributed by atoms with Crippen LogP contribution in [0.4, 0.5) is 0 Å². The minimum absolute atomic E-state index is 0.153. The number of H-pyrrole nitrogens is 1. The Labute approximate surface area is 128 Å². The van der Waals surface area contributed by atoms with Crippen molar-refractivity contribution in [2.24, 2.45) is 11.7 Å². The molecule has 2 atom stereocenters. The van der Waals surface area contributed by atoms with Crippen LogP contribution in [-0.4, -0.2) is 41.5 Å². The first-order valence-electron chi connectivity index (χ1n) is 7.27. The Morgan fingerprint density at radius 1 is 1.36 bits per heavy atom. The highest BCUT2D eigenvalue weighted by molar-refractivity contribution is 6.01. The van der Waals surface area contributed by atoms with Gasteiger partial charge in [-0.1, -0.05) is 18.2 Å². The number of Topliss-reactive ketones (excluding diaryl/α,β-unsaturated/α-hetero) is 1. The summed E-state index contributed by atoms with van der Waals surface area (Å²) in [5.41, 5.74) is 7.40. The maximum Gasteiger partial charge on any atom is 0.314 e. The number of para-hydroxylation sites is 1. The van der Waals surface area contributed by atoms with Gasteiger partial charge in [0.15, 0.2) is 5.78 Å². The van der Waals surface area contributed by atoms with E-state index < -0.39 is 17.9 Å². The first kappa shape index (κ1) is 16.2. The molecule has 0 aliphatic carbocycles. The quantitative estimate of drug-likeness (QED) is 0.542. The summed E-state index contributed by atoms with van der Waals surface area (Å²) in [4.78, 5) is 26.9. The first-order valence-corrected chi connectivity index (χ1v) is 7.27. The van der Waals surface area contributed by atoms with Crippen LogP contribution < -0.4 is 11.1 Å². The van der Waals surface area contributed by atoms with Crippen molar-refractivity contribution in [3.05, 3.63) is 36.0 Å². The van der Waals surface area contributed by atoms with E-state index in [0.29, 0.717) is 6.42 Å². The Balaban J connectivity index is 2.21. The molecule has 0 amide bonds. The number of rotatable bonds is 8. The zero-order valence-corrected chi connectivity index (χ0v) is 12.5. The molecule has 6 heteroatoms. The SMILES string of the molecule is CNC(Cc1c[nH]c2ccccc12)C(=O)C(CCN)C(=O)O. The van der Waals surface area contributed by atoms with E-state index in [-0.39, 0.29) is 18.7 Å². The van der Waals surface area contributed by atoms with Gasteiger partial charge in [0.05, 0.1) is 6.04 Å². The van der Waals surface area contributed by atoms with Gasteiger partial charge in [0, 0.05) is 17.1 Å². The number of carbonyl (C=O) groups is 2. The third kappa shape index (κ3) is 3.35. The number of hydrogen-bond acceptors (Lipinski definition) is 4. The Bertz CT molecular complexity index is 665. The number of aliphatic carboxylic acids is 1. The Kier molecular flexibility index (Phi) is 5.30. The molecule has 0 bridgehead atoms. The third-order valence-electron chi connectivity index (χ3n) is 3.89. The lowest BCUT2D eigenvalue weighted by Crippen LogP contribution is -2.43. The average molecular weight is 303 g/mol. The fourth-order valence-electron chi connectivity index (χ4n) is 2.66. The van der Waals surface area contributed by atoms with Crippen molar-refractivity contribution in [3.8, 4) is 0 Å². The van der Waals surface area contributed by atoms with E-state index in [0.717, 1.165) is 16.5 Å². The number of nitrogens with two attached hydrogens (primary N) is 1. The van der Waals surface area contributed by atoms with Gasteiger partial charge in [0.2, 0.25) is 0 Å². The molecule has 0 radical (unpaired) electrons. The summed E-state index contributed by atoms with van der Waals surface area (Å²) in [7, 11) is 1.67. The highest BCUT2D eigenvalue weighted by atomic mass is 16.4. The van der Waals surface area contributed by atoms with Crippen LogP contribution in [0.2, 0.25) is 0 Å². The van der Waals surface area contributed by atoms with Crippen molar-refractivity contribution < 1.29 is 14.7 Å². The number of likely N-dealkylation sites (N-methyl/N-ethyl adjacent to an activating group) is 1. The van der Waals surface area contributed by atoms with Crippen molar-refractivity contribution in [2.45, 2.75) is 18.9 Å². The second kappa shape index (κ2) is 7.20. The molecule has 1 aromatic heterocycles. The van der Waals surface area contributed by atoms with Crippen molar-refractivity contribution in [1.82, 2.24) is 10.3 Å². The van der Waals surface area contributed by atoms with Gasteiger partial charge in [-0.25, -0.2) is 0 Å². The highest BCUT2D eigenvalue weighted by Gasteiger charge is 2.31. The standard InChI is InChI=1S/C16H21N3O3/c1-18-14(15(20)12(6-7-17)16(21)22)8-10-9-19-13-5-3-2-4-11(10)13/h2-5,9,12,14,18-19H,6-8,17H2,1H3,(H,21,22). The number of carboxylic acids is 1. The smallest absolute Gasteiger partial charge is 0.314 e. The summed E-state index contributed by atoms with van der Waals surface area (Å²) in [5.74, 6) is -2.51. The molecule has 2 unspecified atom stereocenters. The first-order chi connectivity index (χ1) is 10.6. The van der Waals surface area contributed by atoms with E-state index >= 15 is 0 Å². The molecule has 0 fully saturated rings. The minimum atomic E-state index is -1.12. The molecule has 0 spiro atoms. The molecule has 5 N–H and O–H groups in total. The molecule has 0 saturated carbocycles. The van der Waals surface area contributed by atoms with Gasteiger partial charge >= 0.3 is 5.97 Å². The van der Waals surface area contributed by atoms with Crippen LogP contribution >= 0.6 is 0 Å². The predicted octanol–water partition coefficient (Wildman–Crippen LogP) is 0.917. The fraction of sp³-hybridized carbons (Fsp3) is 0.375. The third-order valence-corrected chi connectivity index (χ3v) is 3.89. The number of aromatic nitrogens is 1. The van der Waals surface area contributed by atoms with E-state index in [9.17, 15) is 14.7 Å². The summed E-state index contributed by atoms with van der Waals surface area (Å²) in [6.07, 6.45) is 2.45. The van der Waals surface area contributed by atoms with Crippen LogP contribution in [0.25, 0.3) is 10.9 Å². The van der Waals surface area contributed by atoms with Crippen molar-refractivity contribution in [2.75, 3.05) is 13.6 Å². The number of nitrogens with one attached hydrogen (secondary N) is 2. The van der Waals surface area contributed by atoms with E-state index in [1.807, 2.05) is 30.5 Å². The molecule has 0 aliphatic heterocycles. The van der Waals surface area contributed by atoms with E-state index in [1.54, 1.807) is 7.05 Å². The molecular weight excluding hydrogens is 282 g/mol. The van der Waals surface area contributed by atoms with Gasteiger partial charge in [-0.3, -0.25) is 9.59 Å². The second-order valence-corrected chi connectivity index (χ2v) is 5.28. The topological polar surface area (TPSA) is 108 Å². The molecule has 2 rings (SSSR count). The summed E-state index contributed by atoms with van der Waals surface area (Å²) >= 11 is 0. The normalized spacial score (nSPS) is 13.9. The van der Waals surface area contributed by atoms with Crippen molar-refractivity contribution in [1.29, 1.82) is 0 Å². The Morgan fingerprint density at radius 3 is 2.73 bits per heavy atom. The second-order valence-electron chi connectivity index (χ2n) is 5.28. The zero-order valence-electron chi connectivity index (χ0n) is 12.5. The molecule has 1 heterocycles. The molecule has 22 heavy (non-hydrogen) atoms. The molecule has 118 valence electrons. The largest absolute Gasteiger partial charge is 0.481 e. The monoisotopic (exact) mass is 303 g/mol. The molecule has 2 aromatic rings. The van der Waals surface area contributed by atoms with Gasteiger partial charge in [0.25, 0.3) is 0 Å². The molecule has 0 aliphatic rings. The van der Waals surface area contributed by atoms with Gasteiger partial charge in [0.1, 0.15) is 5.92 Å². The fourth-order valence-corrected chi connectivity index (χ4v) is 2.66. The summed E-state index contributed by atoms with van der Waals surface area (Å²) in [5, 5.41) is 13.2. The highest BCUT2D eigenvalue weighted by Crippen LogP contribution is 2.20. The van der Waals surface area contributed by atoms with Gasteiger partial charge in [-0.05, 0) is 38.1 Å². The number of fused-ring (bicyclic) bond motifs is 1. The van der Waals surface area contributed by atoms with Crippen LogP contribution in [0.5, 0.6) is 0 Å². The van der Waals surface area contributed by atoms with Crippen LogP contribution in [0.3, 0.4) is 0 Å². The van der Waals surface area contributed by atoms with Gasteiger partial charge in [-0.2, -0.15) is 0 Å². The number of hydrogen-bond donors (Lipinski definition) is 4. The number of ketones is 1. The predicted molar refractivity (Wildman–Crippen MR) is 84.7 cm³/mol. The van der Waals surface area contributed by atoms with Crippen molar-refractivity contribution in [3.63, 3.8) is 0 Å². The van der Waals surface area contributed by atoms with Crippen LogP contribution in [0.1, 0.15) is 12.0 Å². The van der Waals surface area contributed by atoms with Crippen LogP contribution in [0, 0.1) is 5.92 Å². The van der Waals surface area contributed by atoms with Gasteiger partial charge in [-0.15, -0.1) is 0 Å². The lowest BCUT2D eigenvalue weighted by atomic mass is 9.91.